The van der Waals surface area contributed by atoms with Gasteiger partial charge in [-0.1, -0.05) is 0 Å². The Morgan fingerprint density at radius 2 is 1.94 bits per heavy atom. The average Bonchev–Trinajstić information content (AvgIpc) is 2.84. The highest BCUT2D eigenvalue weighted by Crippen LogP contribution is 2.45. The molecule has 0 aliphatic carbocycles. The molecule has 14 heteroatoms. The van der Waals surface area contributed by atoms with Crippen LogP contribution in [0.1, 0.15) is 30.6 Å². The highest BCUT2D eigenvalue weighted by Gasteiger charge is 2.69. The molecule has 2 saturated heterocycles. The number of carboxylic acid groups (broad SMARTS) is 1. The van der Waals surface area contributed by atoms with E-state index in [0.29, 0.717) is 0 Å². The number of carbonyl (C=O) groups excluding carboxylic acids is 3. The number of nitrogens with zero attached hydrogens (tertiary/aromatic N) is 2. The molecule has 0 aromatic heterocycles. The lowest BCUT2D eigenvalue weighted by atomic mass is 9.97. The van der Waals surface area contributed by atoms with Crippen LogP contribution >= 0.6 is 0 Å². The summed E-state index contributed by atoms with van der Waals surface area (Å²) in [5, 5.41) is 32.8. The summed E-state index contributed by atoms with van der Waals surface area (Å²) in [4.78, 5) is 48.6. The normalized spacial score (nSPS) is 26.8. The van der Waals surface area contributed by atoms with Crippen molar-refractivity contribution in [3.05, 3.63) is 23.8 Å². The Hall–Kier alpha value is -3.68. The van der Waals surface area contributed by atoms with Gasteiger partial charge >= 0.3 is 5.97 Å². The molecule has 2 heterocycles. The van der Waals surface area contributed by atoms with E-state index in [4.69, 9.17) is 0 Å². The van der Waals surface area contributed by atoms with Crippen LogP contribution in [0.4, 0.5) is 0 Å². The predicted molar refractivity (Wildman–Crippen MR) is 107 cm³/mol. The smallest absolute Gasteiger partial charge is 0.328 e. The Kier molecular flexibility index (Phi) is 5.59. The Labute approximate surface area is 181 Å². The number of rotatable bonds is 6. The van der Waals surface area contributed by atoms with Crippen molar-refractivity contribution in [1.29, 1.82) is 0 Å². The van der Waals surface area contributed by atoms with Crippen LogP contribution in [-0.4, -0.2) is 80.7 Å². The van der Waals surface area contributed by atoms with Gasteiger partial charge in [-0.2, -0.15) is 5.10 Å². The molecule has 172 valence electrons. The summed E-state index contributed by atoms with van der Waals surface area (Å²) in [5.41, 5.74) is 2.00. The first-order chi connectivity index (χ1) is 14.8. The quantitative estimate of drug-likeness (QED) is 0.143. The molecule has 2 aliphatic rings. The van der Waals surface area contributed by atoms with Crippen molar-refractivity contribution >= 4 is 39.7 Å². The van der Waals surface area contributed by atoms with Crippen LogP contribution in [0.3, 0.4) is 0 Å². The third kappa shape index (κ3) is 3.51. The summed E-state index contributed by atoms with van der Waals surface area (Å²) in [7, 11) is -4.13. The second-order valence-corrected chi connectivity index (χ2v) is 10.1. The minimum atomic E-state index is -4.13. The number of hydrazone groups is 1. The van der Waals surface area contributed by atoms with Gasteiger partial charge in [-0.05, 0) is 32.0 Å². The lowest BCUT2D eigenvalue weighted by molar-refractivity contribution is -0.156. The summed E-state index contributed by atoms with van der Waals surface area (Å²) < 4.78 is 23.4. The van der Waals surface area contributed by atoms with Gasteiger partial charge in [0.15, 0.2) is 27.4 Å². The van der Waals surface area contributed by atoms with Crippen LogP contribution < -0.4 is 10.7 Å². The number of aliphatic carboxylic acids is 1. The molecule has 0 spiro atoms. The molecular formula is C18H20N4O9S. The van der Waals surface area contributed by atoms with E-state index in [0.717, 1.165) is 30.2 Å². The van der Waals surface area contributed by atoms with Gasteiger partial charge < -0.3 is 25.5 Å². The predicted octanol–water partition coefficient (Wildman–Crippen LogP) is -1.48. The topological polar surface area (TPSA) is 203 Å². The standard InChI is InChI=1S/C18H20N4O9S/c1-8(20-16(27)9-3-4-10(23)11(24)5-9)15(26)21-19-7-18(2)14(17(28)29)22-12(25)6-13(22)32(18,30)31/h3-5,7-8,13-14,23-24H,6H2,1-2H3,(H,20,27)(H,21,26)(H,28,29)/b19-7+/t8-,13+,14-,18-/m0/s1. The fourth-order valence-electron chi connectivity index (χ4n) is 3.53. The third-order valence-corrected chi connectivity index (χ3v) is 8.11. The first kappa shape index (κ1) is 23.0. The van der Waals surface area contributed by atoms with E-state index in [1.807, 2.05) is 5.43 Å². The molecule has 4 atom stereocenters. The minimum Gasteiger partial charge on any atom is -0.504 e. The fraction of sp³-hybridized carbons (Fsp3) is 0.389. The van der Waals surface area contributed by atoms with Gasteiger partial charge in [0.1, 0.15) is 16.2 Å². The number of carboxylic acids is 1. The van der Waals surface area contributed by atoms with E-state index >= 15 is 0 Å². The van der Waals surface area contributed by atoms with Crippen molar-refractivity contribution in [1.82, 2.24) is 15.6 Å². The van der Waals surface area contributed by atoms with Crippen LogP contribution in [-0.2, 0) is 24.2 Å². The number of hydrogen-bond acceptors (Lipinski definition) is 9. The van der Waals surface area contributed by atoms with E-state index < -0.39 is 67.2 Å². The summed E-state index contributed by atoms with van der Waals surface area (Å²) in [6.45, 7) is 2.41. The number of aromatic hydroxyl groups is 2. The number of amides is 3. The Morgan fingerprint density at radius 1 is 1.28 bits per heavy atom. The zero-order chi connectivity index (χ0) is 24.0. The average molecular weight is 468 g/mol. The largest absolute Gasteiger partial charge is 0.504 e. The van der Waals surface area contributed by atoms with Crippen LogP contribution in [0.25, 0.3) is 0 Å². The molecular weight excluding hydrogens is 448 g/mol. The number of sulfone groups is 1. The maximum Gasteiger partial charge on any atom is 0.328 e. The number of nitrogens with one attached hydrogen (secondary N) is 2. The second-order valence-electron chi connectivity index (χ2n) is 7.56. The van der Waals surface area contributed by atoms with Crippen molar-refractivity contribution in [3.8, 4) is 11.5 Å². The van der Waals surface area contributed by atoms with Crippen LogP contribution in [0.15, 0.2) is 23.3 Å². The van der Waals surface area contributed by atoms with Crippen molar-refractivity contribution in [3.63, 3.8) is 0 Å². The molecule has 3 rings (SSSR count). The second kappa shape index (κ2) is 7.78. The maximum absolute atomic E-state index is 12.7. The minimum absolute atomic E-state index is 0.0356. The van der Waals surface area contributed by atoms with Crippen LogP contribution in [0.2, 0.25) is 0 Å². The van der Waals surface area contributed by atoms with Gasteiger partial charge in [0.2, 0.25) is 5.91 Å². The van der Waals surface area contributed by atoms with Gasteiger partial charge in [0, 0.05) is 11.8 Å². The van der Waals surface area contributed by atoms with Crippen LogP contribution in [0, 0.1) is 0 Å². The van der Waals surface area contributed by atoms with E-state index in [1.54, 1.807) is 0 Å². The van der Waals surface area contributed by atoms with E-state index in [2.05, 4.69) is 10.4 Å². The van der Waals surface area contributed by atoms with Gasteiger partial charge in [0.05, 0.1) is 6.42 Å². The molecule has 1 aromatic rings. The number of phenols is 2. The monoisotopic (exact) mass is 468 g/mol. The molecule has 0 bridgehead atoms. The molecule has 3 amide bonds. The number of β-lactam (4-membered cyclic amide) rings is 1. The molecule has 0 radical (unpaired) electrons. The molecule has 0 saturated carbocycles. The number of carbonyl (C=O) groups is 4. The number of fused-ring (bicyclic) bond motifs is 1. The molecule has 2 aliphatic heterocycles. The maximum atomic E-state index is 12.7. The van der Waals surface area contributed by atoms with Gasteiger partial charge in [-0.15, -0.1) is 0 Å². The Balaban J connectivity index is 1.69. The Morgan fingerprint density at radius 3 is 2.50 bits per heavy atom. The van der Waals surface area contributed by atoms with Crippen molar-refractivity contribution in [2.45, 2.75) is 42.5 Å². The lowest BCUT2D eigenvalue weighted by Gasteiger charge is -2.35. The zero-order valence-electron chi connectivity index (χ0n) is 16.8. The Bertz CT molecular complexity index is 1150. The highest BCUT2D eigenvalue weighted by atomic mass is 32.2. The van der Waals surface area contributed by atoms with Crippen molar-refractivity contribution in [2.24, 2.45) is 5.10 Å². The van der Waals surface area contributed by atoms with E-state index in [-0.39, 0.29) is 12.0 Å². The van der Waals surface area contributed by atoms with Gasteiger partial charge in [0.25, 0.3) is 11.8 Å². The summed E-state index contributed by atoms with van der Waals surface area (Å²) >= 11 is 0. The van der Waals surface area contributed by atoms with Gasteiger partial charge in [-0.3, -0.25) is 14.4 Å². The molecule has 1 aromatic carbocycles. The summed E-state index contributed by atoms with van der Waals surface area (Å²) in [6, 6.07) is 0.458. The molecule has 32 heavy (non-hydrogen) atoms. The molecule has 5 N–H and O–H groups in total. The lowest BCUT2D eigenvalue weighted by Crippen LogP contribution is -2.57. The van der Waals surface area contributed by atoms with Crippen LogP contribution in [0.5, 0.6) is 11.5 Å². The number of benzene rings is 1. The summed E-state index contributed by atoms with van der Waals surface area (Å²) in [5.74, 6) is -4.68. The number of hydrogen-bond donors (Lipinski definition) is 5. The molecule has 13 nitrogen and oxygen atoms in total. The third-order valence-electron chi connectivity index (χ3n) is 5.45. The highest BCUT2D eigenvalue weighted by molar-refractivity contribution is 7.94. The molecule has 2 fully saturated rings. The zero-order valence-corrected chi connectivity index (χ0v) is 17.7. The number of phenolic OH excluding ortho intramolecular Hbond substituents is 2. The van der Waals surface area contributed by atoms with Crippen molar-refractivity contribution in [2.75, 3.05) is 0 Å². The molecule has 0 unspecified atom stereocenters. The summed E-state index contributed by atoms with van der Waals surface area (Å²) in [6.07, 6.45) is 0.439. The van der Waals surface area contributed by atoms with Crippen molar-refractivity contribution < 1.29 is 42.9 Å². The first-order valence-corrected chi connectivity index (χ1v) is 10.8. The first-order valence-electron chi connectivity index (χ1n) is 9.25. The van der Waals surface area contributed by atoms with E-state index in [1.165, 1.54) is 13.0 Å². The SMILES string of the molecule is C[C@H](NC(=O)c1ccc(O)c(O)c1)C(=O)N/N=C/[C@@]1(C)[C@H](C(=O)O)N2C(=O)C[C@H]2S1(=O)=O. The van der Waals surface area contributed by atoms with Gasteiger partial charge in [-0.25, -0.2) is 18.6 Å². The van der Waals surface area contributed by atoms with E-state index in [9.17, 15) is 42.9 Å². The fourth-order valence-corrected chi connectivity index (χ4v) is 5.75.